The molecule has 0 aromatic carbocycles. The van der Waals surface area contributed by atoms with Crippen LogP contribution in [0.25, 0.3) is 5.65 Å². The summed E-state index contributed by atoms with van der Waals surface area (Å²) in [4.78, 5) is 21.5. The van der Waals surface area contributed by atoms with Gasteiger partial charge in [-0.1, -0.05) is 0 Å². The first-order valence-electron chi connectivity index (χ1n) is 8.84. The van der Waals surface area contributed by atoms with Crippen LogP contribution in [-0.2, 0) is 0 Å². The molecule has 4 rings (SSSR count). The summed E-state index contributed by atoms with van der Waals surface area (Å²) in [6.45, 7) is 1.84. The first-order valence-corrected chi connectivity index (χ1v) is 8.84. The van der Waals surface area contributed by atoms with Gasteiger partial charge in [0.25, 0.3) is 5.91 Å². The van der Waals surface area contributed by atoms with E-state index in [9.17, 15) is 9.90 Å². The number of rotatable bonds is 5. The number of aryl methyl sites for hydroxylation is 1. The Morgan fingerprint density at radius 2 is 2.19 bits per heavy atom. The first-order chi connectivity index (χ1) is 13.1. The Morgan fingerprint density at radius 3 is 2.93 bits per heavy atom. The molecular formula is C19H21N5O3. The second-order valence-corrected chi connectivity index (χ2v) is 6.85. The van der Waals surface area contributed by atoms with Crippen molar-refractivity contribution in [2.45, 2.75) is 31.9 Å². The lowest BCUT2D eigenvalue weighted by atomic mass is 9.75. The SMILES string of the molecule is COc1cncc([C@@H](NC(=O)c2cnc3ccnn3c2C)C2CC(O)C2)c1. The van der Waals surface area contributed by atoms with Crippen molar-refractivity contribution in [3.63, 3.8) is 0 Å². The van der Waals surface area contributed by atoms with Gasteiger partial charge < -0.3 is 15.2 Å². The van der Waals surface area contributed by atoms with Gasteiger partial charge in [0.2, 0.25) is 0 Å². The Morgan fingerprint density at radius 1 is 1.37 bits per heavy atom. The maximum Gasteiger partial charge on any atom is 0.255 e. The summed E-state index contributed by atoms with van der Waals surface area (Å²) in [5.41, 5.74) is 2.73. The predicted molar refractivity (Wildman–Crippen MR) is 97.5 cm³/mol. The standard InChI is InChI=1S/C19H21N5O3/c1-11-16(10-21-17-3-4-22-24(11)17)19(26)23-18(12-5-14(25)6-12)13-7-15(27-2)9-20-8-13/h3-4,7-10,12,14,18,25H,5-6H2,1-2H3,(H,23,26)/t12?,14?,18-/m0/s1. The molecular weight excluding hydrogens is 346 g/mol. The van der Waals surface area contributed by atoms with Gasteiger partial charge in [0.15, 0.2) is 5.65 Å². The lowest BCUT2D eigenvalue weighted by molar-refractivity contribution is 0.0234. The number of amides is 1. The zero-order chi connectivity index (χ0) is 19.0. The lowest BCUT2D eigenvalue weighted by Crippen LogP contribution is -2.41. The van der Waals surface area contributed by atoms with E-state index in [1.54, 1.807) is 42.5 Å². The minimum Gasteiger partial charge on any atom is -0.495 e. The zero-order valence-corrected chi connectivity index (χ0v) is 15.2. The monoisotopic (exact) mass is 367 g/mol. The van der Waals surface area contributed by atoms with E-state index in [4.69, 9.17) is 4.74 Å². The molecule has 8 heteroatoms. The van der Waals surface area contributed by atoms with Crippen LogP contribution in [0.2, 0.25) is 0 Å². The number of carbonyl (C=O) groups is 1. The van der Waals surface area contributed by atoms with Crippen LogP contribution in [0.15, 0.2) is 36.9 Å². The lowest BCUT2D eigenvalue weighted by Gasteiger charge is -2.38. The minimum absolute atomic E-state index is 0.138. The fourth-order valence-electron chi connectivity index (χ4n) is 3.53. The van der Waals surface area contributed by atoms with Crippen LogP contribution in [0.5, 0.6) is 5.75 Å². The van der Waals surface area contributed by atoms with Gasteiger partial charge in [0, 0.05) is 18.5 Å². The minimum atomic E-state index is -0.322. The molecule has 0 bridgehead atoms. The van der Waals surface area contributed by atoms with Crippen LogP contribution >= 0.6 is 0 Å². The number of aliphatic hydroxyl groups excluding tert-OH is 1. The number of methoxy groups -OCH3 is 1. The molecule has 3 aromatic heterocycles. The van der Waals surface area contributed by atoms with E-state index in [2.05, 4.69) is 20.4 Å². The van der Waals surface area contributed by atoms with Crippen molar-refractivity contribution in [3.05, 3.63) is 53.7 Å². The molecule has 1 saturated carbocycles. The largest absolute Gasteiger partial charge is 0.495 e. The van der Waals surface area contributed by atoms with Crippen LogP contribution in [0.1, 0.15) is 40.5 Å². The van der Waals surface area contributed by atoms with E-state index < -0.39 is 0 Å². The van der Waals surface area contributed by atoms with Gasteiger partial charge in [-0.2, -0.15) is 5.10 Å². The van der Waals surface area contributed by atoms with Gasteiger partial charge in [0.05, 0.1) is 42.9 Å². The summed E-state index contributed by atoms with van der Waals surface area (Å²) in [6, 6.07) is 3.38. The first kappa shape index (κ1) is 17.4. The highest BCUT2D eigenvalue weighted by atomic mass is 16.5. The van der Waals surface area contributed by atoms with Crippen molar-refractivity contribution >= 4 is 11.6 Å². The summed E-state index contributed by atoms with van der Waals surface area (Å²) in [6.07, 6.45) is 7.51. The van der Waals surface area contributed by atoms with Gasteiger partial charge in [-0.3, -0.25) is 9.78 Å². The number of hydrogen-bond acceptors (Lipinski definition) is 6. The molecule has 1 fully saturated rings. The van der Waals surface area contributed by atoms with Crippen LogP contribution < -0.4 is 10.1 Å². The zero-order valence-electron chi connectivity index (χ0n) is 15.2. The molecule has 3 aromatic rings. The maximum atomic E-state index is 13.0. The molecule has 0 unspecified atom stereocenters. The van der Waals surface area contributed by atoms with Crippen molar-refractivity contribution in [1.82, 2.24) is 24.9 Å². The Hall–Kier alpha value is -3.00. The van der Waals surface area contributed by atoms with Crippen LogP contribution in [0.4, 0.5) is 0 Å². The molecule has 8 nitrogen and oxygen atoms in total. The number of fused-ring (bicyclic) bond motifs is 1. The number of nitrogens with one attached hydrogen (secondary N) is 1. The van der Waals surface area contributed by atoms with Crippen molar-refractivity contribution in [2.75, 3.05) is 7.11 Å². The summed E-state index contributed by atoms with van der Waals surface area (Å²) >= 11 is 0. The molecule has 0 spiro atoms. The average molecular weight is 367 g/mol. The molecule has 27 heavy (non-hydrogen) atoms. The summed E-state index contributed by atoms with van der Waals surface area (Å²) in [5, 5.41) is 17.0. The van der Waals surface area contributed by atoms with E-state index >= 15 is 0 Å². The number of ether oxygens (including phenoxy) is 1. The van der Waals surface area contributed by atoms with Gasteiger partial charge in [-0.05, 0) is 37.3 Å². The number of pyridine rings is 1. The predicted octanol–water partition coefficient (Wildman–Crippen LogP) is 1.68. The third-order valence-corrected chi connectivity index (χ3v) is 5.14. The highest BCUT2D eigenvalue weighted by molar-refractivity contribution is 5.95. The Balaban J connectivity index is 1.64. The summed E-state index contributed by atoms with van der Waals surface area (Å²) in [5.74, 6) is 0.536. The molecule has 2 N–H and O–H groups in total. The van der Waals surface area contributed by atoms with E-state index in [1.807, 2.05) is 13.0 Å². The number of aromatic nitrogens is 4. The maximum absolute atomic E-state index is 13.0. The van der Waals surface area contributed by atoms with E-state index in [0.29, 0.717) is 29.8 Å². The second kappa shape index (κ2) is 6.96. The third-order valence-electron chi connectivity index (χ3n) is 5.14. The van der Waals surface area contributed by atoms with Gasteiger partial charge >= 0.3 is 0 Å². The smallest absolute Gasteiger partial charge is 0.255 e. The Kier molecular flexibility index (Phi) is 4.49. The molecule has 1 aliphatic carbocycles. The summed E-state index contributed by atoms with van der Waals surface area (Å²) in [7, 11) is 1.58. The van der Waals surface area contributed by atoms with E-state index in [1.165, 1.54) is 0 Å². The van der Waals surface area contributed by atoms with Crippen LogP contribution in [0, 0.1) is 12.8 Å². The molecule has 1 atom stereocenters. The molecule has 0 radical (unpaired) electrons. The molecule has 0 aliphatic heterocycles. The fourth-order valence-corrected chi connectivity index (χ4v) is 3.53. The fraction of sp³-hybridized carbons (Fsp3) is 0.368. The number of aliphatic hydroxyl groups is 1. The van der Waals surface area contributed by atoms with Crippen LogP contribution in [0.3, 0.4) is 0 Å². The average Bonchev–Trinajstić information content (AvgIpc) is 3.14. The molecule has 1 amide bonds. The highest BCUT2D eigenvalue weighted by Gasteiger charge is 2.36. The van der Waals surface area contributed by atoms with Crippen molar-refractivity contribution in [2.24, 2.45) is 5.92 Å². The van der Waals surface area contributed by atoms with Gasteiger partial charge in [0.1, 0.15) is 5.75 Å². The normalized spacial score (nSPS) is 20.1. The third kappa shape index (κ3) is 3.23. The van der Waals surface area contributed by atoms with E-state index in [-0.39, 0.29) is 24.0 Å². The van der Waals surface area contributed by atoms with E-state index in [0.717, 1.165) is 11.3 Å². The van der Waals surface area contributed by atoms with Gasteiger partial charge in [-0.25, -0.2) is 9.50 Å². The van der Waals surface area contributed by atoms with Gasteiger partial charge in [-0.15, -0.1) is 0 Å². The molecule has 0 saturated heterocycles. The molecule has 1 aliphatic rings. The number of carbonyl (C=O) groups excluding carboxylic acids is 1. The van der Waals surface area contributed by atoms with Crippen molar-refractivity contribution in [3.8, 4) is 5.75 Å². The van der Waals surface area contributed by atoms with Crippen molar-refractivity contribution in [1.29, 1.82) is 0 Å². The molecule has 3 heterocycles. The summed E-state index contributed by atoms with van der Waals surface area (Å²) < 4.78 is 6.90. The Bertz CT molecular complexity index is 980. The number of nitrogens with zero attached hydrogens (tertiary/aromatic N) is 4. The van der Waals surface area contributed by atoms with Crippen molar-refractivity contribution < 1.29 is 14.6 Å². The number of hydrogen-bond donors (Lipinski definition) is 2. The van der Waals surface area contributed by atoms with Crippen LogP contribution in [-0.4, -0.2) is 43.8 Å². The quantitative estimate of drug-likeness (QED) is 0.711. The second-order valence-electron chi connectivity index (χ2n) is 6.85. The highest BCUT2D eigenvalue weighted by Crippen LogP contribution is 2.38. The molecule has 140 valence electrons. The topological polar surface area (TPSA) is 102 Å². The Labute approximate surface area is 156 Å².